The van der Waals surface area contributed by atoms with Crippen LogP contribution in [-0.4, -0.2) is 62.6 Å². The van der Waals surface area contributed by atoms with Crippen molar-refractivity contribution in [1.29, 1.82) is 0 Å². The van der Waals surface area contributed by atoms with Crippen molar-refractivity contribution < 1.29 is 9.59 Å². The van der Waals surface area contributed by atoms with Crippen molar-refractivity contribution in [2.24, 2.45) is 11.8 Å². The van der Waals surface area contributed by atoms with E-state index in [0.29, 0.717) is 31.8 Å². The zero-order valence-corrected chi connectivity index (χ0v) is 17.5. The van der Waals surface area contributed by atoms with Gasteiger partial charge >= 0.3 is 0 Å². The molecule has 0 aromatic carbocycles. The molecule has 0 unspecified atom stereocenters. The van der Waals surface area contributed by atoms with Crippen LogP contribution in [0.2, 0.25) is 0 Å². The number of pyridine rings is 1. The van der Waals surface area contributed by atoms with Crippen LogP contribution in [0, 0.1) is 11.8 Å². The lowest BCUT2D eigenvalue weighted by Gasteiger charge is -2.37. The highest BCUT2D eigenvalue weighted by atomic mass is 16.2. The first-order chi connectivity index (χ1) is 14.7. The quantitative estimate of drug-likeness (QED) is 0.704. The molecule has 2 aromatic rings. The van der Waals surface area contributed by atoms with E-state index in [0.717, 1.165) is 51.0 Å². The predicted molar refractivity (Wildman–Crippen MR) is 113 cm³/mol. The van der Waals surface area contributed by atoms with Crippen molar-refractivity contribution in [3.63, 3.8) is 0 Å². The summed E-state index contributed by atoms with van der Waals surface area (Å²) < 4.78 is 1.98. The second-order valence-corrected chi connectivity index (χ2v) is 8.47. The van der Waals surface area contributed by atoms with Gasteiger partial charge in [0.15, 0.2) is 0 Å². The largest absolute Gasteiger partial charge is 0.342 e. The maximum atomic E-state index is 13.1. The number of nitrogens with zero attached hydrogens (tertiary/aromatic N) is 5. The average Bonchev–Trinajstić information content (AvgIpc) is 3.31. The summed E-state index contributed by atoms with van der Waals surface area (Å²) in [4.78, 5) is 33.7. The van der Waals surface area contributed by atoms with Crippen LogP contribution >= 0.6 is 0 Å². The highest BCUT2D eigenvalue weighted by Gasteiger charge is 2.34. The van der Waals surface area contributed by atoms with Gasteiger partial charge in [0, 0.05) is 69.8 Å². The Morgan fingerprint density at radius 1 is 1.07 bits per heavy atom. The van der Waals surface area contributed by atoms with Crippen LogP contribution in [0.5, 0.6) is 0 Å². The number of carbonyl (C=O) groups excluding carboxylic acids is 2. The summed E-state index contributed by atoms with van der Waals surface area (Å²) in [7, 11) is 0. The molecule has 0 bridgehead atoms. The average molecular weight is 410 g/mol. The van der Waals surface area contributed by atoms with Crippen LogP contribution in [0.4, 0.5) is 0 Å². The molecular weight excluding hydrogens is 378 g/mol. The number of likely N-dealkylation sites (tertiary alicyclic amines) is 2. The first kappa shape index (κ1) is 20.6. The summed E-state index contributed by atoms with van der Waals surface area (Å²) in [6.07, 6.45) is 10.7. The Morgan fingerprint density at radius 2 is 1.93 bits per heavy atom. The number of aromatic nitrogens is 3. The highest BCUT2D eigenvalue weighted by molar-refractivity contribution is 5.84. The molecule has 7 nitrogen and oxygen atoms in total. The van der Waals surface area contributed by atoms with E-state index in [1.54, 1.807) is 6.20 Å². The minimum atomic E-state index is -0.0629. The topological polar surface area (TPSA) is 71.3 Å². The van der Waals surface area contributed by atoms with E-state index in [9.17, 15) is 9.59 Å². The van der Waals surface area contributed by atoms with Crippen LogP contribution < -0.4 is 0 Å². The van der Waals surface area contributed by atoms with Crippen molar-refractivity contribution in [1.82, 2.24) is 24.6 Å². The molecule has 30 heavy (non-hydrogen) atoms. The Hall–Kier alpha value is -2.70. The third kappa shape index (κ3) is 5.26. The number of aryl methyl sites for hydroxylation is 1. The van der Waals surface area contributed by atoms with E-state index < -0.39 is 0 Å². The Bertz CT molecular complexity index is 815. The summed E-state index contributed by atoms with van der Waals surface area (Å²) in [5, 5.41) is 4.27. The Labute approximate surface area is 178 Å². The molecule has 0 saturated carbocycles. The molecule has 2 aliphatic rings. The van der Waals surface area contributed by atoms with Crippen LogP contribution in [0.25, 0.3) is 0 Å². The van der Waals surface area contributed by atoms with Crippen molar-refractivity contribution in [2.75, 3.05) is 26.2 Å². The third-order valence-electron chi connectivity index (χ3n) is 6.47. The third-order valence-corrected chi connectivity index (χ3v) is 6.47. The number of hydrogen-bond acceptors (Lipinski definition) is 4. The van der Waals surface area contributed by atoms with E-state index in [1.807, 2.05) is 51.1 Å². The van der Waals surface area contributed by atoms with E-state index >= 15 is 0 Å². The predicted octanol–water partition coefficient (Wildman–Crippen LogP) is 2.39. The van der Waals surface area contributed by atoms with Gasteiger partial charge in [0.05, 0.1) is 5.92 Å². The number of hydrogen-bond donors (Lipinski definition) is 0. The molecule has 2 saturated heterocycles. The SMILES string of the molecule is O=C1CC[C@H](C(=O)N2CCC(CCn3cccn3)CC2)CN1CCc1ccccn1. The van der Waals surface area contributed by atoms with Crippen molar-refractivity contribution in [3.8, 4) is 0 Å². The van der Waals surface area contributed by atoms with Gasteiger partial charge in [-0.05, 0) is 49.8 Å². The van der Waals surface area contributed by atoms with Gasteiger partial charge in [-0.3, -0.25) is 19.3 Å². The van der Waals surface area contributed by atoms with Gasteiger partial charge in [-0.15, -0.1) is 0 Å². The maximum absolute atomic E-state index is 13.1. The minimum Gasteiger partial charge on any atom is -0.342 e. The van der Waals surface area contributed by atoms with Crippen LogP contribution in [0.15, 0.2) is 42.9 Å². The number of rotatable bonds is 7. The molecule has 7 heteroatoms. The Morgan fingerprint density at radius 3 is 2.67 bits per heavy atom. The van der Waals surface area contributed by atoms with Crippen LogP contribution in [0.3, 0.4) is 0 Å². The molecule has 2 aromatic heterocycles. The highest BCUT2D eigenvalue weighted by Crippen LogP contribution is 2.25. The summed E-state index contributed by atoms with van der Waals surface area (Å²) in [6.45, 7) is 3.79. The van der Waals surface area contributed by atoms with E-state index in [4.69, 9.17) is 0 Å². The van der Waals surface area contributed by atoms with E-state index in [-0.39, 0.29) is 17.7 Å². The lowest BCUT2D eigenvalue weighted by molar-refractivity contribution is -0.144. The molecule has 1 atom stereocenters. The summed E-state index contributed by atoms with van der Waals surface area (Å²) in [5.74, 6) is 0.983. The lowest BCUT2D eigenvalue weighted by Crippen LogP contribution is -2.49. The molecule has 2 aliphatic heterocycles. The zero-order valence-electron chi connectivity index (χ0n) is 17.5. The zero-order chi connectivity index (χ0) is 20.8. The molecule has 0 N–H and O–H groups in total. The second-order valence-electron chi connectivity index (χ2n) is 8.47. The first-order valence-electron chi connectivity index (χ1n) is 11.1. The van der Waals surface area contributed by atoms with Gasteiger partial charge in [-0.1, -0.05) is 6.07 Å². The Balaban J connectivity index is 1.23. The fourth-order valence-corrected chi connectivity index (χ4v) is 4.58. The first-order valence-corrected chi connectivity index (χ1v) is 11.1. The smallest absolute Gasteiger partial charge is 0.227 e. The fraction of sp³-hybridized carbons (Fsp3) is 0.565. The van der Waals surface area contributed by atoms with Crippen LogP contribution in [0.1, 0.15) is 37.8 Å². The normalized spacial score (nSPS) is 20.5. The van der Waals surface area contributed by atoms with Crippen molar-refractivity contribution in [2.45, 2.75) is 45.1 Å². The molecule has 0 spiro atoms. The molecule has 0 aliphatic carbocycles. The second kappa shape index (κ2) is 9.87. The van der Waals surface area contributed by atoms with Gasteiger partial charge < -0.3 is 9.80 Å². The standard InChI is InChI=1S/C23H31N5O2/c29-22-6-5-20(18-27(22)16-10-21-4-1-2-11-24-21)23(30)26-14-7-19(8-15-26)9-17-28-13-3-12-25-28/h1-4,11-13,19-20H,5-10,14-18H2/t20-/m0/s1. The van der Waals surface area contributed by atoms with Gasteiger partial charge in [0.25, 0.3) is 0 Å². The molecule has 4 rings (SSSR count). The molecule has 2 amide bonds. The van der Waals surface area contributed by atoms with Crippen molar-refractivity contribution >= 4 is 11.8 Å². The lowest BCUT2D eigenvalue weighted by atomic mass is 9.91. The van der Waals surface area contributed by atoms with Crippen LogP contribution in [-0.2, 0) is 22.6 Å². The summed E-state index contributed by atoms with van der Waals surface area (Å²) in [6, 6.07) is 7.79. The van der Waals surface area contributed by atoms with Crippen molar-refractivity contribution in [3.05, 3.63) is 48.5 Å². The van der Waals surface area contributed by atoms with Gasteiger partial charge in [0.1, 0.15) is 0 Å². The minimum absolute atomic E-state index is 0.0629. The number of carbonyl (C=O) groups is 2. The van der Waals surface area contributed by atoms with Gasteiger partial charge in [-0.25, -0.2) is 0 Å². The molecule has 160 valence electrons. The van der Waals surface area contributed by atoms with E-state index in [2.05, 4.69) is 10.1 Å². The molecule has 4 heterocycles. The maximum Gasteiger partial charge on any atom is 0.227 e. The summed E-state index contributed by atoms with van der Waals surface area (Å²) >= 11 is 0. The molecule has 2 fully saturated rings. The van der Waals surface area contributed by atoms with E-state index in [1.165, 1.54) is 0 Å². The fourth-order valence-electron chi connectivity index (χ4n) is 4.58. The number of piperidine rings is 2. The molecular formula is C23H31N5O2. The number of amides is 2. The van der Waals surface area contributed by atoms with Gasteiger partial charge in [0.2, 0.25) is 11.8 Å². The molecule has 0 radical (unpaired) electrons. The summed E-state index contributed by atoms with van der Waals surface area (Å²) in [5.41, 5.74) is 0.982. The Kier molecular flexibility index (Phi) is 6.77. The monoisotopic (exact) mass is 409 g/mol. The van der Waals surface area contributed by atoms with Gasteiger partial charge in [-0.2, -0.15) is 5.10 Å².